The maximum absolute atomic E-state index is 12.9. The third-order valence-electron chi connectivity index (χ3n) is 4.29. The number of hydrogen-bond acceptors (Lipinski definition) is 4. The number of carbonyl (C=O) groups excluding carboxylic acids is 1. The van der Waals surface area contributed by atoms with Gasteiger partial charge in [0.1, 0.15) is 13.3 Å². The van der Waals surface area contributed by atoms with Gasteiger partial charge in [-0.05, 0) is 29.5 Å². The van der Waals surface area contributed by atoms with Crippen LogP contribution in [-0.2, 0) is 4.79 Å². The number of benzene rings is 1. The van der Waals surface area contributed by atoms with Gasteiger partial charge in [-0.1, -0.05) is 57.2 Å². The molecule has 1 heterocycles. The number of hydrogen-bond donors (Lipinski definition) is 1. The molecule has 3 rings (SSSR count). The molecule has 1 atom stereocenters. The molecule has 0 saturated carbocycles. The van der Waals surface area contributed by atoms with Crippen molar-refractivity contribution in [2.75, 3.05) is 0 Å². The Morgan fingerprint density at radius 1 is 1.20 bits per heavy atom. The Kier molecular flexibility index (Phi) is 4.95. The van der Waals surface area contributed by atoms with E-state index in [0.29, 0.717) is 11.4 Å². The molecule has 1 aliphatic carbocycles. The van der Waals surface area contributed by atoms with Crippen molar-refractivity contribution in [3.05, 3.63) is 46.1 Å². The molecule has 0 fully saturated rings. The zero-order valence-electron chi connectivity index (χ0n) is 15.4. The monoisotopic (exact) mass is 392 g/mol. The summed E-state index contributed by atoms with van der Waals surface area (Å²) >= 11 is 7.89. The van der Waals surface area contributed by atoms with Crippen LogP contribution in [0.25, 0.3) is 0 Å². The fourth-order valence-electron chi connectivity index (χ4n) is 3.33. The van der Waals surface area contributed by atoms with Crippen molar-refractivity contribution >= 4 is 41.0 Å². The second-order valence-corrected chi connectivity index (χ2v) is 18.1. The summed E-state index contributed by atoms with van der Waals surface area (Å²) in [5.74, 6) is 0.208. The van der Waals surface area contributed by atoms with Crippen LogP contribution in [0.3, 0.4) is 0 Å². The maximum atomic E-state index is 12.9. The molecule has 0 bridgehead atoms. The minimum Gasteiger partial charge on any atom is -0.339 e. The number of carbonyl (C=O) groups is 1. The van der Waals surface area contributed by atoms with Gasteiger partial charge in [0.05, 0.1) is 0 Å². The highest BCUT2D eigenvalue weighted by Crippen LogP contribution is 2.44. The zero-order chi connectivity index (χ0) is 18.4. The van der Waals surface area contributed by atoms with E-state index in [9.17, 15) is 4.79 Å². The van der Waals surface area contributed by atoms with E-state index in [0.717, 1.165) is 28.4 Å². The highest BCUT2D eigenvalue weighted by atomic mass is 35.5. The van der Waals surface area contributed by atoms with Gasteiger partial charge in [0.15, 0.2) is 11.0 Å². The van der Waals surface area contributed by atoms with E-state index in [1.807, 2.05) is 35.5 Å². The van der Waals surface area contributed by atoms with Gasteiger partial charge < -0.3 is 5.32 Å². The Hall–Kier alpha value is -1.04. The predicted octanol–water partition coefficient (Wildman–Crippen LogP) is 5.55. The van der Waals surface area contributed by atoms with Gasteiger partial charge in [-0.3, -0.25) is 4.79 Å². The number of halogens is 1. The smallest absolute Gasteiger partial charge is 0.163 e. The minimum atomic E-state index is -1.40. The van der Waals surface area contributed by atoms with Crippen LogP contribution < -0.4 is 5.32 Å². The first-order chi connectivity index (χ1) is 11.5. The fraction of sp³-hybridized carbons (Fsp3) is 0.474. The molecule has 0 aromatic heterocycles. The molecule has 1 unspecified atom stereocenters. The van der Waals surface area contributed by atoms with Crippen molar-refractivity contribution in [1.29, 1.82) is 0 Å². The molecule has 0 saturated heterocycles. The van der Waals surface area contributed by atoms with E-state index in [4.69, 9.17) is 16.6 Å². The van der Waals surface area contributed by atoms with Gasteiger partial charge in [0, 0.05) is 22.7 Å². The molecule has 6 heteroatoms. The second kappa shape index (κ2) is 6.60. The fourth-order valence-corrected chi connectivity index (χ4v) is 6.42. The van der Waals surface area contributed by atoms with Crippen LogP contribution >= 0.6 is 22.8 Å². The first kappa shape index (κ1) is 18.7. The summed E-state index contributed by atoms with van der Waals surface area (Å²) in [6.45, 7) is 11.2. The molecule has 0 amide bonds. The Bertz CT molecular complexity index is 763. The standard InChI is InChI=1S/C19H25ClN2OSSi/c1-19(2)10-14-16(15(23)11-19)17(12-6-8-13(20)9-7-12)22-18(21-14)24-25(3,4)5/h6-9,17H,10-11H2,1-5H3,(H,21,22). The second-order valence-electron chi connectivity index (χ2n) is 8.56. The maximum Gasteiger partial charge on any atom is 0.163 e. The number of ketones is 1. The molecule has 2 aliphatic rings. The third-order valence-corrected chi connectivity index (χ3v) is 7.97. The Labute approximate surface area is 160 Å². The Morgan fingerprint density at radius 2 is 1.84 bits per heavy atom. The Morgan fingerprint density at radius 3 is 2.44 bits per heavy atom. The lowest BCUT2D eigenvalue weighted by atomic mass is 9.73. The number of nitrogens with zero attached hydrogens (tertiary/aromatic N) is 1. The number of rotatable bonds is 2. The lowest BCUT2D eigenvalue weighted by molar-refractivity contribution is -0.118. The molecule has 25 heavy (non-hydrogen) atoms. The van der Waals surface area contributed by atoms with Crippen molar-refractivity contribution in [2.24, 2.45) is 10.4 Å². The molecular weight excluding hydrogens is 368 g/mol. The summed E-state index contributed by atoms with van der Waals surface area (Å²) in [5, 5.41) is 5.13. The van der Waals surface area contributed by atoms with Crippen molar-refractivity contribution in [1.82, 2.24) is 5.32 Å². The van der Waals surface area contributed by atoms with Gasteiger partial charge >= 0.3 is 0 Å². The van der Waals surface area contributed by atoms with Crippen molar-refractivity contribution in [3.63, 3.8) is 0 Å². The van der Waals surface area contributed by atoms with Gasteiger partial charge in [-0.15, -0.1) is 11.2 Å². The SMILES string of the molecule is CC1(C)CC(=O)C2=C(C1)NC(S[Si](C)(C)C)=NC2c1ccc(Cl)cc1. The van der Waals surface area contributed by atoms with Crippen LogP contribution in [0.5, 0.6) is 0 Å². The lowest BCUT2D eigenvalue weighted by Crippen LogP contribution is -2.39. The van der Waals surface area contributed by atoms with E-state index in [-0.39, 0.29) is 17.2 Å². The van der Waals surface area contributed by atoms with E-state index >= 15 is 0 Å². The van der Waals surface area contributed by atoms with Gasteiger partial charge in [-0.25, -0.2) is 4.99 Å². The first-order valence-electron chi connectivity index (χ1n) is 8.60. The Balaban J connectivity index is 2.05. The van der Waals surface area contributed by atoms with Crippen LogP contribution in [-0.4, -0.2) is 18.2 Å². The van der Waals surface area contributed by atoms with E-state index in [1.54, 1.807) is 0 Å². The minimum absolute atomic E-state index is 0.0141. The summed E-state index contributed by atoms with van der Waals surface area (Å²) in [4.78, 5) is 17.8. The lowest BCUT2D eigenvalue weighted by Gasteiger charge is -2.37. The van der Waals surface area contributed by atoms with Crippen LogP contribution in [0.15, 0.2) is 40.5 Å². The highest BCUT2D eigenvalue weighted by molar-refractivity contribution is 8.39. The number of Topliss-reactive ketones (excluding diaryl/α,β-unsaturated/α-hetero) is 1. The first-order valence-corrected chi connectivity index (χ1v) is 14.0. The molecule has 1 N–H and O–H groups in total. The zero-order valence-corrected chi connectivity index (χ0v) is 18.0. The molecular formula is C19H25ClN2OSSi. The van der Waals surface area contributed by atoms with Crippen molar-refractivity contribution < 1.29 is 4.79 Å². The quantitative estimate of drug-likeness (QED) is 0.670. The summed E-state index contributed by atoms with van der Waals surface area (Å²) in [6.07, 6.45) is 1.45. The normalized spacial score (nSPS) is 23.0. The van der Waals surface area contributed by atoms with Crippen molar-refractivity contribution in [2.45, 2.75) is 52.4 Å². The van der Waals surface area contributed by atoms with Gasteiger partial charge in [-0.2, -0.15) is 0 Å². The molecule has 1 aliphatic heterocycles. The van der Waals surface area contributed by atoms with E-state index < -0.39 is 7.22 Å². The van der Waals surface area contributed by atoms with E-state index in [2.05, 4.69) is 38.8 Å². The summed E-state index contributed by atoms with van der Waals surface area (Å²) in [7, 11) is -1.40. The molecule has 1 aromatic rings. The van der Waals surface area contributed by atoms with Gasteiger partial charge in [0.25, 0.3) is 0 Å². The molecule has 0 spiro atoms. The van der Waals surface area contributed by atoms with Crippen LogP contribution in [0, 0.1) is 5.41 Å². The largest absolute Gasteiger partial charge is 0.339 e. The van der Waals surface area contributed by atoms with E-state index in [1.165, 1.54) is 0 Å². The highest BCUT2D eigenvalue weighted by Gasteiger charge is 2.39. The molecule has 0 radical (unpaired) electrons. The van der Waals surface area contributed by atoms with Gasteiger partial charge in [0.2, 0.25) is 0 Å². The summed E-state index contributed by atoms with van der Waals surface area (Å²) in [6, 6.07) is 7.48. The molecule has 3 nitrogen and oxygen atoms in total. The summed E-state index contributed by atoms with van der Waals surface area (Å²) < 4.78 is 0. The van der Waals surface area contributed by atoms with Crippen LogP contribution in [0.1, 0.15) is 38.3 Å². The average molecular weight is 393 g/mol. The van der Waals surface area contributed by atoms with Crippen LogP contribution in [0.4, 0.5) is 0 Å². The third kappa shape index (κ3) is 4.38. The molecule has 134 valence electrons. The number of amidine groups is 1. The molecule has 1 aromatic carbocycles. The summed E-state index contributed by atoms with van der Waals surface area (Å²) in [5.41, 5.74) is 2.90. The number of nitrogens with one attached hydrogen (secondary N) is 1. The predicted molar refractivity (Wildman–Crippen MR) is 111 cm³/mol. The number of allylic oxidation sites excluding steroid dienone is 1. The number of aliphatic imine (C=N–C) groups is 1. The van der Waals surface area contributed by atoms with Crippen molar-refractivity contribution in [3.8, 4) is 0 Å². The average Bonchev–Trinajstić information content (AvgIpc) is 2.43. The van der Waals surface area contributed by atoms with Crippen LogP contribution in [0.2, 0.25) is 24.7 Å². The topological polar surface area (TPSA) is 41.5 Å².